The minimum Gasteiger partial charge on any atom is -0.385 e. The number of ether oxygens (including phenoxy) is 1. The molecule has 1 saturated heterocycles. The van der Waals surface area contributed by atoms with Crippen molar-refractivity contribution in [1.82, 2.24) is 10.3 Å². The third-order valence-corrected chi connectivity index (χ3v) is 4.66. The number of benzene rings is 1. The second-order valence-electron chi connectivity index (χ2n) is 6.73. The van der Waals surface area contributed by atoms with Crippen LogP contribution in [0.2, 0.25) is 0 Å². The number of carbonyl (C=O) groups excluding carboxylic acids is 2. The van der Waals surface area contributed by atoms with Gasteiger partial charge in [0, 0.05) is 56.5 Å². The van der Waals surface area contributed by atoms with Crippen molar-refractivity contribution in [3.05, 3.63) is 53.9 Å². The molecule has 0 radical (unpaired) electrons. The molecule has 0 saturated carbocycles. The highest BCUT2D eigenvalue weighted by Gasteiger charge is 2.14. The molecule has 3 rings (SSSR count). The third kappa shape index (κ3) is 5.29. The molecule has 7 heteroatoms. The molecule has 2 aromatic rings. The zero-order chi connectivity index (χ0) is 19.8. The van der Waals surface area contributed by atoms with Crippen molar-refractivity contribution in [3.63, 3.8) is 0 Å². The molecule has 148 valence electrons. The van der Waals surface area contributed by atoms with Crippen molar-refractivity contribution < 1.29 is 14.3 Å². The van der Waals surface area contributed by atoms with Gasteiger partial charge in [-0.2, -0.15) is 0 Å². The van der Waals surface area contributed by atoms with Gasteiger partial charge in [-0.15, -0.1) is 0 Å². The molecule has 1 aromatic carbocycles. The van der Waals surface area contributed by atoms with Crippen LogP contribution in [-0.4, -0.2) is 50.1 Å². The molecule has 1 aliphatic rings. The summed E-state index contributed by atoms with van der Waals surface area (Å²) in [5, 5.41) is 5.63. The van der Waals surface area contributed by atoms with Gasteiger partial charge in [0.1, 0.15) is 5.69 Å². The number of nitrogens with one attached hydrogen (secondary N) is 2. The Bertz CT molecular complexity index is 802. The van der Waals surface area contributed by atoms with Crippen LogP contribution in [0.4, 0.5) is 11.4 Å². The molecule has 7 nitrogen and oxygen atoms in total. The van der Waals surface area contributed by atoms with E-state index in [9.17, 15) is 9.59 Å². The Morgan fingerprint density at radius 1 is 1.11 bits per heavy atom. The van der Waals surface area contributed by atoms with Gasteiger partial charge in [0.05, 0.1) is 0 Å². The van der Waals surface area contributed by atoms with Gasteiger partial charge in [-0.1, -0.05) is 0 Å². The molecule has 28 heavy (non-hydrogen) atoms. The van der Waals surface area contributed by atoms with Crippen molar-refractivity contribution in [2.45, 2.75) is 19.3 Å². The number of methoxy groups -OCH3 is 1. The van der Waals surface area contributed by atoms with Crippen molar-refractivity contribution in [2.24, 2.45) is 0 Å². The topological polar surface area (TPSA) is 83.6 Å². The number of anilines is 2. The Labute approximate surface area is 165 Å². The normalized spacial score (nSPS) is 13.4. The third-order valence-electron chi connectivity index (χ3n) is 4.66. The predicted molar refractivity (Wildman–Crippen MR) is 109 cm³/mol. The van der Waals surface area contributed by atoms with Crippen molar-refractivity contribution >= 4 is 23.2 Å². The highest BCUT2D eigenvalue weighted by molar-refractivity contribution is 6.05. The van der Waals surface area contributed by atoms with Crippen LogP contribution < -0.4 is 15.5 Å². The summed E-state index contributed by atoms with van der Waals surface area (Å²) in [5.41, 5.74) is 2.50. The SMILES string of the molecule is COCCCNC(=O)c1cc(C(=O)Nc2ccc(N3CCCC3)cc2)ccn1. The maximum atomic E-state index is 12.5. The molecule has 2 amide bonds. The molecule has 0 atom stereocenters. The smallest absolute Gasteiger partial charge is 0.269 e. The van der Waals surface area contributed by atoms with E-state index in [1.165, 1.54) is 30.8 Å². The van der Waals surface area contributed by atoms with Gasteiger partial charge in [-0.3, -0.25) is 14.6 Å². The number of hydrogen-bond acceptors (Lipinski definition) is 5. The molecule has 2 N–H and O–H groups in total. The first-order valence-electron chi connectivity index (χ1n) is 9.57. The van der Waals surface area contributed by atoms with Gasteiger partial charge in [0.15, 0.2) is 0 Å². The summed E-state index contributed by atoms with van der Waals surface area (Å²) in [4.78, 5) is 31.1. The van der Waals surface area contributed by atoms with Crippen LogP contribution in [0.1, 0.15) is 40.1 Å². The fraction of sp³-hybridized carbons (Fsp3) is 0.381. The van der Waals surface area contributed by atoms with Crippen LogP contribution in [-0.2, 0) is 4.74 Å². The monoisotopic (exact) mass is 382 g/mol. The fourth-order valence-electron chi connectivity index (χ4n) is 3.14. The number of hydrogen-bond donors (Lipinski definition) is 2. The Morgan fingerprint density at radius 3 is 2.57 bits per heavy atom. The minimum atomic E-state index is -0.305. The Kier molecular flexibility index (Phi) is 6.97. The first kappa shape index (κ1) is 19.8. The molecule has 1 aliphatic heterocycles. The Morgan fingerprint density at radius 2 is 1.86 bits per heavy atom. The van der Waals surface area contributed by atoms with Gasteiger partial charge in [-0.25, -0.2) is 0 Å². The van der Waals surface area contributed by atoms with Gasteiger partial charge < -0.3 is 20.3 Å². The summed E-state index contributed by atoms with van der Waals surface area (Å²) in [5.74, 6) is -0.578. The summed E-state index contributed by atoms with van der Waals surface area (Å²) in [6, 6.07) is 10.9. The summed E-state index contributed by atoms with van der Waals surface area (Å²) in [7, 11) is 1.62. The average Bonchev–Trinajstić information content (AvgIpc) is 3.26. The number of rotatable bonds is 8. The minimum absolute atomic E-state index is 0.217. The van der Waals surface area contributed by atoms with E-state index < -0.39 is 0 Å². The van der Waals surface area contributed by atoms with E-state index in [-0.39, 0.29) is 17.5 Å². The number of amides is 2. The standard InChI is InChI=1S/C21H26N4O3/c1-28-14-4-10-23-21(27)19-15-16(9-11-22-19)20(26)24-17-5-7-18(8-6-17)25-12-2-3-13-25/h5-9,11,15H,2-4,10,12-14H2,1H3,(H,23,27)(H,24,26). The van der Waals surface area contributed by atoms with Crippen molar-refractivity contribution in [1.29, 1.82) is 0 Å². The molecule has 1 aromatic heterocycles. The highest BCUT2D eigenvalue weighted by atomic mass is 16.5. The Hall–Kier alpha value is -2.93. The quantitative estimate of drug-likeness (QED) is 0.686. The van der Waals surface area contributed by atoms with Crippen LogP contribution in [0, 0.1) is 0 Å². The van der Waals surface area contributed by atoms with Gasteiger partial charge in [0.25, 0.3) is 11.8 Å². The number of carbonyl (C=O) groups is 2. The van der Waals surface area contributed by atoms with Gasteiger partial charge >= 0.3 is 0 Å². The number of nitrogens with zero attached hydrogens (tertiary/aromatic N) is 2. The van der Waals surface area contributed by atoms with Gasteiger partial charge in [0.2, 0.25) is 0 Å². The average molecular weight is 382 g/mol. The van der Waals surface area contributed by atoms with Crippen molar-refractivity contribution in [3.8, 4) is 0 Å². The molecule has 0 unspecified atom stereocenters. The Balaban J connectivity index is 1.58. The van der Waals surface area contributed by atoms with Crippen LogP contribution in [0.5, 0.6) is 0 Å². The summed E-state index contributed by atoms with van der Waals surface area (Å²) < 4.78 is 4.95. The maximum Gasteiger partial charge on any atom is 0.269 e. The van der Waals surface area contributed by atoms with E-state index in [1.807, 2.05) is 24.3 Å². The van der Waals surface area contributed by atoms with E-state index in [0.717, 1.165) is 25.2 Å². The second-order valence-corrected chi connectivity index (χ2v) is 6.73. The van der Waals surface area contributed by atoms with Crippen LogP contribution in [0.25, 0.3) is 0 Å². The zero-order valence-corrected chi connectivity index (χ0v) is 16.1. The molecular weight excluding hydrogens is 356 g/mol. The number of aromatic nitrogens is 1. The molecule has 1 fully saturated rings. The second kappa shape index (κ2) is 9.85. The van der Waals surface area contributed by atoms with Gasteiger partial charge in [-0.05, 0) is 55.7 Å². The summed E-state index contributed by atoms with van der Waals surface area (Å²) >= 11 is 0. The molecule has 0 bridgehead atoms. The first-order chi connectivity index (χ1) is 13.7. The maximum absolute atomic E-state index is 12.5. The van der Waals surface area contributed by atoms with E-state index in [0.29, 0.717) is 18.7 Å². The predicted octanol–water partition coefficient (Wildman–Crippen LogP) is 2.70. The number of pyridine rings is 1. The molecular formula is C21H26N4O3. The van der Waals surface area contributed by atoms with Crippen LogP contribution in [0.15, 0.2) is 42.6 Å². The fourth-order valence-corrected chi connectivity index (χ4v) is 3.14. The summed E-state index contributed by atoms with van der Waals surface area (Å²) in [6.07, 6.45) is 4.64. The first-order valence-corrected chi connectivity index (χ1v) is 9.57. The van der Waals surface area contributed by atoms with E-state index in [1.54, 1.807) is 13.2 Å². The summed E-state index contributed by atoms with van der Waals surface area (Å²) in [6.45, 7) is 3.24. The highest BCUT2D eigenvalue weighted by Crippen LogP contribution is 2.22. The van der Waals surface area contributed by atoms with E-state index >= 15 is 0 Å². The lowest BCUT2D eigenvalue weighted by atomic mass is 10.2. The zero-order valence-electron chi connectivity index (χ0n) is 16.1. The van der Waals surface area contributed by atoms with Crippen LogP contribution in [0.3, 0.4) is 0 Å². The lowest BCUT2D eigenvalue weighted by Crippen LogP contribution is -2.26. The van der Waals surface area contributed by atoms with Crippen molar-refractivity contribution in [2.75, 3.05) is 43.6 Å². The largest absolute Gasteiger partial charge is 0.385 e. The molecule has 0 aliphatic carbocycles. The van der Waals surface area contributed by atoms with E-state index in [4.69, 9.17) is 4.74 Å². The molecule has 2 heterocycles. The molecule has 0 spiro atoms. The lowest BCUT2D eigenvalue weighted by Gasteiger charge is -2.17. The van der Waals surface area contributed by atoms with Crippen LogP contribution >= 0.6 is 0 Å². The van der Waals surface area contributed by atoms with E-state index in [2.05, 4.69) is 20.5 Å². The lowest BCUT2D eigenvalue weighted by molar-refractivity contribution is 0.0943.